The lowest BCUT2D eigenvalue weighted by atomic mass is 9.93. The summed E-state index contributed by atoms with van der Waals surface area (Å²) in [4.78, 5) is 0. The van der Waals surface area contributed by atoms with Crippen molar-refractivity contribution in [3.63, 3.8) is 0 Å². The number of furan rings is 1. The Morgan fingerprint density at radius 1 is 1.14 bits per heavy atom. The molecule has 4 heteroatoms. The van der Waals surface area contributed by atoms with Crippen molar-refractivity contribution in [2.75, 3.05) is 5.32 Å². The normalized spacial score (nSPS) is 17.4. The molecular formula is C17H17N3O. The van der Waals surface area contributed by atoms with Crippen LogP contribution in [-0.2, 0) is 6.42 Å². The molecule has 2 heterocycles. The van der Waals surface area contributed by atoms with E-state index in [-0.39, 0.29) is 0 Å². The quantitative estimate of drug-likeness (QED) is 0.757. The largest absolute Gasteiger partial charge is 0.469 e. The molecule has 0 spiro atoms. The van der Waals surface area contributed by atoms with Gasteiger partial charge in [-0.25, -0.2) is 0 Å². The van der Waals surface area contributed by atoms with Gasteiger partial charge in [-0.1, -0.05) is 12.1 Å². The summed E-state index contributed by atoms with van der Waals surface area (Å²) >= 11 is 0. The number of aryl methyl sites for hydroxylation is 1. The number of nitrogens with zero attached hydrogens (tertiary/aromatic N) is 1. The van der Waals surface area contributed by atoms with E-state index in [1.807, 2.05) is 6.07 Å². The minimum absolute atomic E-state index is 0.352. The lowest BCUT2D eigenvalue weighted by Crippen LogP contribution is -2.15. The summed E-state index contributed by atoms with van der Waals surface area (Å²) in [5, 5.41) is 10.6. The number of aromatic nitrogens is 2. The van der Waals surface area contributed by atoms with Gasteiger partial charge < -0.3 is 9.73 Å². The SMILES string of the molecule is c1cc(-c2ccc(NC3CCCc4occc43)cc2)[nH]n1. The number of hydrogen-bond donors (Lipinski definition) is 2. The van der Waals surface area contributed by atoms with Gasteiger partial charge in [0.1, 0.15) is 5.76 Å². The van der Waals surface area contributed by atoms with Crippen LogP contribution in [0.25, 0.3) is 11.3 Å². The number of hydrogen-bond acceptors (Lipinski definition) is 3. The molecule has 0 radical (unpaired) electrons. The van der Waals surface area contributed by atoms with Gasteiger partial charge in [-0.15, -0.1) is 0 Å². The Hall–Kier alpha value is -2.49. The van der Waals surface area contributed by atoms with E-state index in [0.29, 0.717) is 6.04 Å². The average molecular weight is 279 g/mol. The first-order chi connectivity index (χ1) is 10.4. The van der Waals surface area contributed by atoms with Crippen molar-refractivity contribution in [2.45, 2.75) is 25.3 Å². The summed E-state index contributed by atoms with van der Waals surface area (Å²) in [6.45, 7) is 0. The third-order valence-electron chi connectivity index (χ3n) is 4.09. The van der Waals surface area contributed by atoms with Crippen LogP contribution < -0.4 is 5.32 Å². The fraction of sp³-hybridized carbons (Fsp3) is 0.235. The van der Waals surface area contributed by atoms with Gasteiger partial charge in [0.2, 0.25) is 0 Å². The predicted molar refractivity (Wildman–Crippen MR) is 82.0 cm³/mol. The fourth-order valence-electron chi connectivity index (χ4n) is 3.00. The van der Waals surface area contributed by atoms with Crippen LogP contribution in [0.3, 0.4) is 0 Å². The zero-order valence-corrected chi connectivity index (χ0v) is 11.7. The van der Waals surface area contributed by atoms with Crippen LogP contribution in [0.15, 0.2) is 53.3 Å². The Morgan fingerprint density at radius 2 is 2.05 bits per heavy atom. The van der Waals surface area contributed by atoms with Crippen molar-refractivity contribution in [1.82, 2.24) is 10.2 Å². The first-order valence-electron chi connectivity index (χ1n) is 7.33. The summed E-state index contributed by atoms with van der Waals surface area (Å²) in [5.41, 5.74) is 4.62. The molecule has 21 heavy (non-hydrogen) atoms. The highest BCUT2D eigenvalue weighted by Crippen LogP contribution is 2.33. The lowest BCUT2D eigenvalue weighted by molar-refractivity contribution is 0.461. The Balaban J connectivity index is 1.54. The van der Waals surface area contributed by atoms with Gasteiger partial charge in [-0.3, -0.25) is 5.10 Å². The molecule has 4 nitrogen and oxygen atoms in total. The Bertz CT molecular complexity index is 713. The van der Waals surface area contributed by atoms with Gasteiger partial charge in [0, 0.05) is 23.9 Å². The highest BCUT2D eigenvalue weighted by Gasteiger charge is 2.22. The third kappa shape index (κ3) is 2.33. The van der Waals surface area contributed by atoms with Crippen LogP contribution in [0.2, 0.25) is 0 Å². The van der Waals surface area contributed by atoms with Crippen LogP contribution in [0.4, 0.5) is 5.69 Å². The second-order valence-electron chi connectivity index (χ2n) is 5.44. The second-order valence-corrected chi connectivity index (χ2v) is 5.44. The Labute approximate surface area is 123 Å². The molecule has 4 rings (SSSR count). The summed E-state index contributed by atoms with van der Waals surface area (Å²) in [7, 11) is 0. The highest BCUT2D eigenvalue weighted by molar-refractivity contribution is 5.62. The van der Waals surface area contributed by atoms with Crippen LogP contribution >= 0.6 is 0 Å². The van der Waals surface area contributed by atoms with Crippen molar-refractivity contribution in [3.05, 3.63) is 60.2 Å². The van der Waals surface area contributed by atoms with Crippen LogP contribution in [-0.4, -0.2) is 10.2 Å². The number of H-pyrrole nitrogens is 1. The second kappa shape index (κ2) is 5.13. The van der Waals surface area contributed by atoms with Crippen LogP contribution in [0, 0.1) is 0 Å². The Morgan fingerprint density at radius 3 is 2.86 bits per heavy atom. The van der Waals surface area contributed by atoms with Crippen LogP contribution in [0.5, 0.6) is 0 Å². The van der Waals surface area contributed by atoms with E-state index in [4.69, 9.17) is 4.42 Å². The molecule has 0 bridgehead atoms. The smallest absolute Gasteiger partial charge is 0.109 e. The molecule has 0 saturated heterocycles. The maximum absolute atomic E-state index is 5.54. The minimum Gasteiger partial charge on any atom is -0.469 e. The van der Waals surface area contributed by atoms with E-state index in [1.54, 1.807) is 12.5 Å². The van der Waals surface area contributed by atoms with E-state index in [9.17, 15) is 0 Å². The maximum Gasteiger partial charge on any atom is 0.109 e. The van der Waals surface area contributed by atoms with Gasteiger partial charge in [0.15, 0.2) is 0 Å². The van der Waals surface area contributed by atoms with E-state index in [0.717, 1.165) is 35.5 Å². The zero-order valence-electron chi connectivity index (χ0n) is 11.7. The van der Waals surface area contributed by atoms with E-state index in [1.165, 1.54) is 12.0 Å². The molecule has 1 atom stereocenters. The van der Waals surface area contributed by atoms with Gasteiger partial charge in [-0.2, -0.15) is 5.10 Å². The number of aromatic amines is 1. The van der Waals surface area contributed by atoms with Crippen LogP contribution in [0.1, 0.15) is 30.2 Å². The Kier molecular flexibility index (Phi) is 2.99. The third-order valence-corrected chi connectivity index (χ3v) is 4.09. The molecule has 1 unspecified atom stereocenters. The zero-order chi connectivity index (χ0) is 14.1. The standard InChI is InChI=1S/C17H17N3O/c1-2-16(14-9-11-21-17(14)3-1)19-13-6-4-12(5-7-13)15-8-10-18-20-15/h4-11,16,19H,1-3H2,(H,18,20). The lowest BCUT2D eigenvalue weighted by Gasteiger charge is -2.23. The summed E-state index contributed by atoms with van der Waals surface area (Å²) in [6.07, 6.45) is 6.94. The first kappa shape index (κ1) is 12.3. The molecule has 0 saturated carbocycles. The summed E-state index contributed by atoms with van der Waals surface area (Å²) in [5.74, 6) is 1.13. The molecule has 1 aromatic carbocycles. The highest BCUT2D eigenvalue weighted by atomic mass is 16.3. The summed E-state index contributed by atoms with van der Waals surface area (Å²) in [6, 6.07) is 12.9. The minimum atomic E-state index is 0.352. The molecule has 1 aliphatic carbocycles. The fourth-order valence-corrected chi connectivity index (χ4v) is 3.00. The molecule has 106 valence electrons. The monoisotopic (exact) mass is 279 g/mol. The number of benzene rings is 1. The van der Waals surface area contributed by atoms with Crippen molar-refractivity contribution >= 4 is 5.69 Å². The van der Waals surface area contributed by atoms with Gasteiger partial charge in [0.05, 0.1) is 18.0 Å². The molecule has 2 aromatic heterocycles. The van der Waals surface area contributed by atoms with Crippen molar-refractivity contribution in [3.8, 4) is 11.3 Å². The predicted octanol–water partition coefficient (Wildman–Crippen LogP) is 4.16. The number of rotatable bonds is 3. The van der Waals surface area contributed by atoms with Crippen molar-refractivity contribution < 1.29 is 4.42 Å². The topological polar surface area (TPSA) is 53.9 Å². The van der Waals surface area contributed by atoms with Gasteiger partial charge in [0.25, 0.3) is 0 Å². The number of fused-ring (bicyclic) bond motifs is 1. The van der Waals surface area contributed by atoms with Gasteiger partial charge >= 0.3 is 0 Å². The molecular weight excluding hydrogens is 262 g/mol. The maximum atomic E-state index is 5.54. The molecule has 0 aliphatic heterocycles. The van der Waals surface area contributed by atoms with Crippen molar-refractivity contribution in [1.29, 1.82) is 0 Å². The number of nitrogens with one attached hydrogen (secondary N) is 2. The summed E-state index contributed by atoms with van der Waals surface area (Å²) < 4.78 is 5.54. The average Bonchev–Trinajstić information content (AvgIpc) is 3.20. The van der Waals surface area contributed by atoms with E-state index in [2.05, 4.69) is 45.8 Å². The van der Waals surface area contributed by atoms with Gasteiger partial charge in [-0.05, 0) is 42.7 Å². The molecule has 0 fully saturated rings. The molecule has 0 amide bonds. The van der Waals surface area contributed by atoms with E-state index >= 15 is 0 Å². The molecule has 3 aromatic rings. The van der Waals surface area contributed by atoms with E-state index < -0.39 is 0 Å². The molecule has 2 N–H and O–H groups in total. The van der Waals surface area contributed by atoms with Crippen molar-refractivity contribution in [2.24, 2.45) is 0 Å². The molecule has 1 aliphatic rings. The first-order valence-corrected chi connectivity index (χ1v) is 7.33. The number of anilines is 1.